The second kappa shape index (κ2) is 10.7. The van der Waals surface area contributed by atoms with E-state index in [0.717, 1.165) is 28.6 Å². The van der Waals surface area contributed by atoms with Crippen molar-refractivity contribution in [1.82, 2.24) is 19.3 Å². The number of carbonyl (C=O) groups is 1. The average Bonchev–Trinajstić information content (AvgIpc) is 3.29. The Hall–Kier alpha value is -3.45. The van der Waals surface area contributed by atoms with Crippen LogP contribution in [0.3, 0.4) is 0 Å². The van der Waals surface area contributed by atoms with Crippen LogP contribution >= 0.6 is 0 Å². The molecule has 0 aliphatic carbocycles. The first-order valence-electron chi connectivity index (χ1n) is 11.6. The number of Topliss-reactive ketones (excluding diaryl/α,β-unsaturated/α-hetero) is 1. The Morgan fingerprint density at radius 1 is 1.13 bits per heavy atom. The topological polar surface area (TPSA) is 102 Å². The number of alkyl halides is 3. The molecule has 1 aromatic carbocycles. The minimum Gasteiger partial charge on any atom is -0.495 e. The minimum atomic E-state index is -4.23. The molecule has 3 heterocycles. The molecule has 1 aliphatic rings. The third-order valence-electron chi connectivity index (χ3n) is 6.15. The summed E-state index contributed by atoms with van der Waals surface area (Å²) in [5.74, 6) is -4.60. The highest BCUT2D eigenvalue weighted by Crippen LogP contribution is 2.31. The van der Waals surface area contributed by atoms with Crippen molar-refractivity contribution in [1.29, 1.82) is 0 Å². The fraction of sp³-hybridized carbons (Fsp3) is 0.360. The number of methoxy groups -OCH3 is 1. The number of halogens is 4. The highest BCUT2D eigenvalue weighted by molar-refractivity contribution is 7.89. The zero-order valence-electron chi connectivity index (χ0n) is 20.4. The predicted octanol–water partition coefficient (Wildman–Crippen LogP) is 4.10. The van der Waals surface area contributed by atoms with E-state index in [0.29, 0.717) is 29.5 Å². The number of benzene rings is 1. The van der Waals surface area contributed by atoms with Crippen molar-refractivity contribution in [2.45, 2.75) is 49.2 Å². The van der Waals surface area contributed by atoms with Crippen molar-refractivity contribution in [3.63, 3.8) is 0 Å². The molecular formula is C25H24F4N4O4S. The van der Waals surface area contributed by atoms with E-state index in [1.807, 2.05) is 0 Å². The molecule has 4 rings (SSSR count). The number of rotatable bonds is 9. The summed E-state index contributed by atoms with van der Waals surface area (Å²) in [5, 5.41) is 0. The molecule has 2 atom stereocenters. The van der Waals surface area contributed by atoms with E-state index < -0.39 is 52.1 Å². The van der Waals surface area contributed by atoms with Crippen LogP contribution in [0.4, 0.5) is 17.6 Å². The first-order valence-corrected chi connectivity index (χ1v) is 13.0. The number of ketones is 1. The zero-order valence-corrected chi connectivity index (χ0v) is 21.3. The van der Waals surface area contributed by atoms with Crippen LogP contribution in [0.15, 0.2) is 53.8 Å². The van der Waals surface area contributed by atoms with Crippen LogP contribution in [0.2, 0.25) is 0 Å². The third-order valence-corrected chi connectivity index (χ3v) is 8.03. The van der Waals surface area contributed by atoms with Crippen molar-refractivity contribution in [3.8, 4) is 17.0 Å². The molecule has 1 aliphatic heterocycles. The summed E-state index contributed by atoms with van der Waals surface area (Å²) < 4.78 is 86.7. The lowest BCUT2D eigenvalue weighted by atomic mass is 10.0. The molecule has 3 aromatic rings. The van der Waals surface area contributed by atoms with Gasteiger partial charge in [0.25, 0.3) is 0 Å². The van der Waals surface area contributed by atoms with E-state index >= 15 is 0 Å². The number of sulfonamides is 1. The maximum absolute atomic E-state index is 14.3. The molecule has 202 valence electrons. The molecule has 38 heavy (non-hydrogen) atoms. The number of aryl methyl sites for hydroxylation is 1. The molecule has 0 N–H and O–H groups in total. The Morgan fingerprint density at radius 2 is 1.79 bits per heavy atom. The maximum atomic E-state index is 14.3. The second-order valence-corrected chi connectivity index (χ2v) is 10.8. The van der Waals surface area contributed by atoms with Crippen LogP contribution in [0.5, 0.6) is 5.75 Å². The van der Waals surface area contributed by atoms with E-state index in [1.165, 1.54) is 25.7 Å². The van der Waals surface area contributed by atoms with Crippen LogP contribution < -0.4 is 4.74 Å². The lowest BCUT2D eigenvalue weighted by Gasteiger charge is -2.23. The van der Waals surface area contributed by atoms with E-state index in [-0.39, 0.29) is 24.2 Å². The highest BCUT2D eigenvalue weighted by atomic mass is 32.2. The average molecular weight is 553 g/mol. The van der Waals surface area contributed by atoms with Crippen molar-refractivity contribution in [2.75, 3.05) is 13.7 Å². The molecule has 0 unspecified atom stereocenters. The number of carbonyl (C=O) groups excluding carboxylic acids is 1. The van der Waals surface area contributed by atoms with Gasteiger partial charge in [0.15, 0.2) is 11.6 Å². The number of pyridine rings is 1. The van der Waals surface area contributed by atoms with E-state index in [1.54, 1.807) is 6.07 Å². The summed E-state index contributed by atoms with van der Waals surface area (Å²) in [6.45, 7) is 0.204. The van der Waals surface area contributed by atoms with Gasteiger partial charge >= 0.3 is 5.92 Å². The monoisotopic (exact) mass is 552 g/mol. The van der Waals surface area contributed by atoms with Gasteiger partial charge in [-0.05, 0) is 42.3 Å². The maximum Gasteiger partial charge on any atom is 0.303 e. The van der Waals surface area contributed by atoms with Gasteiger partial charge in [-0.1, -0.05) is 0 Å². The number of hydrogen-bond acceptors (Lipinski definition) is 7. The Labute approximate surface area is 216 Å². The smallest absolute Gasteiger partial charge is 0.303 e. The highest BCUT2D eigenvalue weighted by Gasteiger charge is 2.43. The fourth-order valence-electron chi connectivity index (χ4n) is 4.19. The third kappa shape index (κ3) is 5.83. The van der Waals surface area contributed by atoms with Crippen molar-refractivity contribution >= 4 is 15.8 Å². The Morgan fingerprint density at radius 3 is 2.39 bits per heavy atom. The molecule has 0 saturated carbocycles. The molecule has 2 aromatic heterocycles. The quantitative estimate of drug-likeness (QED) is 0.369. The summed E-state index contributed by atoms with van der Waals surface area (Å²) in [6, 6.07) is 4.47. The molecule has 0 amide bonds. The summed E-state index contributed by atoms with van der Waals surface area (Å²) in [7, 11) is -2.82. The molecule has 0 spiro atoms. The standard InChI is InChI=1S/C25H24F4N4O4S/c1-25(28,29)24-31-11-16(12-32-24)20-9-15(23(37-2)13-30-20)3-8-22(34)21-10-18(27)14-33(21)38(35,36)19-6-4-17(26)5-7-19/h4-7,9,11-13,18,21H,3,8,10,14H2,1-2H3/t18-,21+/m1/s1. The van der Waals surface area contributed by atoms with Crippen LogP contribution in [-0.2, 0) is 27.2 Å². The van der Waals surface area contributed by atoms with Crippen LogP contribution in [0.25, 0.3) is 11.3 Å². The summed E-state index contributed by atoms with van der Waals surface area (Å²) in [5.41, 5.74) is 1.25. The molecule has 1 saturated heterocycles. The zero-order chi connectivity index (χ0) is 27.7. The SMILES string of the molecule is COc1cnc(-c2cnc(C(C)(F)F)nc2)cc1CCC(=O)[C@@H]1C[C@@H](F)CN1S(=O)(=O)c1ccc(F)cc1. The Bertz CT molecular complexity index is 1410. The van der Waals surface area contributed by atoms with Crippen molar-refractivity contribution < 1.29 is 35.5 Å². The van der Waals surface area contributed by atoms with Crippen LogP contribution in [0, 0.1) is 5.82 Å². The predicted molar refractivity (Wildman–Crippen MR) is 128 cm³/mol. The van der Waals surface area contributed by atoms with Gasteiger partial charge in [0.05, 0.1) is 29.9 Å². The Balaban J connectivity index is 1.53. The Kier molecular flexibility index (Phi) is 7.79. The second-order valence-electron chi connectivity index (χ2n) is 8.91. The van der Waals surface area contributed by atoms with E-state index in [4.69, 9.17) is 4.74 Å². The van der Waals surface area contributed by atoms with Gasteiger partial charge in [0, 0.05) is 44.3 Å². The van der Waals surface area contributed by atoms with E-state index in [2.05, 4.69) is 15.0 Å². The summed E-state index contributed by atoms with van der Waals surface area (Å²) in [6.07, 6.45) is 1.98. The van der Waals surface area contributed by atoms with Gasteiger partial charge in [-0.3, -0.25) is 9.78 Å². The van der Waals surface area contributed by atoms with Gasteiger partial charge in [-0.15, -0.1) is 0 Å². The molecule has 0 radical (unpaired) electrons. The fourth-order valence-corrected chi connectivity index (χ4v) is 5.84. The van der Waals surface area contributed by atoms with Gasteiger partial charge in [0.2, 0.25) is 10.0 Å². The number of hydrogen-bond donors (Lipinski definition) is 0. The van der Waals surface area contributed by atoms with Crippen molar-refractivity contribution in [2.24, 2.45) is 0 Å². The normalized spacial score (nSPS) is 18.5. The largest absolute Gasteiger partial charge is 0.495 e. The molecule has 0 bridgehead atoms. The lowest BCUT2D eigenvalue weighted by Crippen LogP contribution is -2.40. The van der Waals surface area contributed by atoms with Gasteiger partial charge in [0.1, 0.15) is 17.7 Å². The van der Waals surface area contributed by atoms with Crippen LogP contribution in [-0.4, -0.2) is 59.3 Å². The van der Waals surface area contributed by atoms with Crippen molar-refractivity contribution in [3.05, 3.63) is 66.1 Å². The molecule has 1 fully saturated rings. The van der Waals surface area contributed by atoms with Gasteiger partial charge in [-0.2, -0.15) is 13.1 Å². The number of ether oxygens (including phenoxy) is 1. The first-order chi connectivity index (χ1) is 17.9. The van der Waals surface area contributed by atoms with Crippen LogP contribution in [0.1, 0.15) is 31.2 Å². The number of aromatic nitrogens is 3. The molecule has 8 nitrogen and oxygen atoms in total. The minimum absolute atomic E-state index is 0.112. The number of nitrogens with zero attached hydrogens (tertiary/aromatic N) is 4. The van der Waals surface area contributed by atoms with E-state index in [9.17, 15) is 30.8 Å². The van der Waals surface area contributed by atoms with Gasteiger partial charge in [-0.25, -0.2) is 27.2 Å². The summed E-state index contributed by atoms with van der Waals surface area (Å²) >= 11 is 0. The molecule has 13 heteroatoms. The lowest BCUT2D eigenvalue weighted by molar-refractivity contribution is -0.122. The van der Waals surface area contributed by atoms with Gasteiger partial charge < -0.3 is 4.74 Å². The summed E-state index contributed by atoms with van der Waals surface area (Å²) in [4.78, 5) is 24.5. The first kappa shape index (κ1) is 27.6. The molecular weight excluding hydrogens is 528 g/mol.